The van der Waals surface area contributed by atoms with Gasteiger partial charge in [0, 0.05) is 12.6 Å². The highest BCUT2D eigenvalue weighted by molar-refractivity contribution is 7.89. The van der Waals surface area contributed by atoms with Crippen LogP contribution in [0.2, 0.25) is 0 Å². The summed E-state index contributed by atoms with van der Waals surface area (Å²) in [6.07, 6.45) is 0. The van der Waals surface area contributed by atoms with Crippen molar-refractivity contribution >= 4 is 10.0 Å². The van der Waals surface area contributed by atoms with Crippen LogP contribution in [-0.4, -0.2) is 22.6 Å². The van der Waals surface area contributed by atoms with Gasteiger partial charge in [0.15, 0.2) is 0 Å². The van der Waals surface area contributed by atoms with Crippen molar-refractivity contribution < 1.29 is 13.2 Å². The van der Waals surface area contributed by atoms with Gasteiger partial charge in [0.2, 0.25) is 10.0 Å². The molecular formula is C17H22N2O3S. The Bertz CT molecular complexity index is 743. The van der Waals surface area contributed by atoms with Crippen molar-refractivity contribution in [1.82, 2.24) is 10.0 Å². The second kappa shape index (κ2) is 7.59. The van der Waals surface area contributed by atoms with Crippen molar-refractivity contribution in [2.45, 2.75) is 24.4 Å². The smallest absolute Gasteiger partial charge is 0.240 e. The van der Waals surface area contributed by atoms with Crippen LogP contribution in [-0.2, 0) is 16.6 Å². The largest absolute Gasteiger partial charge is 0.497 e. The molecule has 0 saturated carbocycles. The average Bonchev–Trinajstić information content (AvgIpc) is 2.60. The maximum absolute atomic E-state index is 11.9. The molecule has 5 nitrogen and oxygen atoms in total. The number of rotatable bonds is 7. The quantitative estimate of drug-likeness (QED) is 0.816. The summed E-state index contributed by atoms with van der Waals surface area (Å²) in [5, 5.41) is 3.39. The van der Waals surface area contributed by atoms with Crippen LogP contribution < -0.4 is 14.8 Å². The van der Waals surface area contributed by atoms with Crippen LogP contribution in [0, 0.1) is 0 Å². The summed E-state index contributed by atoms with van der Waals surface area (Å²) in [7, 11) is -0.370. The van der Waals surface area contributed by atoms with E-state index in [2.05, 4.69) is 10.0 Å². The van der Waals surface area contributed by atoms with Crippen LogP contribution in [0.1, 0.15) is 24.1 Å². The predicted octanol–water partition coefficient (Wildman–Crippen LogP) is 2.45. The molecule has 0 heterocycles. The summed E-state index contributed by atoms with van der Waals surface area (Å²) >= 11 is 0. The minimum atomic E-state index is -3.42. The lowest BCUT2D eigenvalue weighted by Gasteiger charge is -2.15. The van der Waals surface area contributed by atoms with E-state index in [0.29, 0.717) is 6.54 Å². The van der Waals surface area contributed by atoms with Gasteiger partial charge >= 0.3 is 0 Å². The van der Waals surface area contributed by atoms with E-state index in [1.54, 1.807) is 25.3 Å². The fourth-order valence-electron chi connectivity index (χ4n) is 2.20. The molecule has 1 atom stereocenters. The third kappa shape index (κ3) is 4.54. The van der Waals surface area contributed by atoms with Crippen molar-refractivity contribution in [2.24, 2.45) is 0 Å². The van der Waals surface area contributed by atoms with Gasteiger partial charge in [-0.3, -0.25) is 0 Å². The van der Waals surface area contributed by atoms with E-state index in [4.69, 9.17) is 4.74 Å². The molecule has 0 radical (unpaired) electrons. The molecule has 0 spiro atoms. The molecule has 0 bridgehead atoms. The van der Waals surface area contributed by atoms with Crippen LogP contribution in [0.4, 0.5) is 0 Å². The van der Waals surface area contributed by atoms with Crippen LogP contribution >= 0.6 is 0 Å². The summed E-state index contributed by atoms with van der Waals surface area (Å²) in [5.74, 6) is 0.826. The van der Waals surface area contributed by atoms with Gasteiger partial charge in [0.25, 0.3) is 0 Å². The average molecular weight is 334 g/mol. The Morgan fingerprint density at radius 2 is 1.83 bits per heavy atom. The maximum Gasteiger partial charge on any atom is 0.240 e. The Kier molecular flexibility index (Phi) is 5.76. The Morgan fingerprint density at radius 3 is 2.43 bits per heavy atom. The highest BCUT2D eigenvalue weighted by Crippen LogP contribution is 2.18. The molecule has 124 valence electrons. The van der Waals surface area contributed by atoms with Gasteiger partial charge in [0.1, 0.15) is 5.75 Å². The number of sulfonamides is 1. The Balaban J connectivity index is 2.05. The fourth-order valence-corrected chi connectivity index (χ4v) is 2.99. The van der Waals surface area contributed by atoms with E-state index in [0.717, 1.165) is 16.9 Å². The minimum Gasteiger partial charge on any atom is -0.497 e. The monoisotopic (exact) mass is 334 g/mol. The molecule has 2 N–H and O–H groups in total. The van der Waals surface area contributed by atoms with E-state index in [1.165, 1.54) is 7.05 Å². The number of hydrogen-bond donors (Lipinski definition) is 2. The van der Waals surface area contributed by atoms with E-state index in [1.807, 2.05) is 37.3 Å². The lowest BCUT2D eigenvalue weighted by molar-refractivity contribution is 0.414. The number of methoxy groups -OCH3 is 1. The highest BCUT2D eigenvalue weighted by Gasteiger charge is 2.13. The van der Waals surface area contributed by atoms with Crippen molar-refractivity contribution in [2.75, 3.05) is 14.2 Å². The molecule has 0 aliphatic carbocycles. The molecule has 23 heavy (non-hydrogen) atoms. The molecule has 0 saturated heterocycles. The van der Waals surface area contributed by atoms with Gasteiger partial charge in [-0.1, -0.05) is 24.3 Å². The van der Waals surface area contributed by atoms with Gasteiger partial charge < -0.3 is 10.1 Å². The number of ether oxygens (including phenoxy) is 1. The van der Waals surface area contributed by atoms with Crippen LogP contribution in [0.15, 0.2) is 53.4 Å². The topological polar surface area (TPSA) is 67.4 Å². The zero-order valence-corrected chi connectivity index (χ0v) is 14.4. The van der Waals surface area contributed by atoms with Gasteiger partial charge in [-0.15, -0.1) is 0 Å². The van der Waals surface area contributed by atoms with Crippen molar-refractivity contribution in [1.29, 1.82) is 0 Å². The first-order chi connectivity index (χ1) is 11.0. The number of hydrogen-bond acceptors (Lipinski definition) is 4. The number of benzene rings is 2. The fraction of sp³-hybridized carbons (Fsp3) is 0.294. The Morgan fingerprint density at radius 1 is 1.13 bits per heavy atom. The van der Waals surface area contributed by atoms with Crippen LogP contribution in [0.5, 0.6) is 5.75 Å². The Labute approximate surface area is 137 Å². The molecule has 0 aromatic heterocycles. The summed E-state index contributed by atoms with van der Waals surface area (Å²) in [6.45, 7) is 2.70. The van der Waals surface area contributed by atoms with E-state index < -0.39 is 10.0 Å². The normalized spacial score (nSPS) is 12.8. The number of nitrogens with one attached hydrogen (secondary N) is 2. The lowest BCUT2D eigenvalue weighted by atomic mass is 10.1. The van der Waals surface area contributed by atoms with Gasteiger partial charge in [-0.25, -0.2) is 13.1 Å². The minimum absolute atomic E-state index is 0.0316. The third-order valence-corrected chi connectivity index (χ3v) is 5.12. The van der Waals surface area contributed by atoms with Crippen molar-refractivity contribution in [3.8, 4) is 5.75 Å². The van der Waals surface area contributed by atoms with Crippen molar-refractivity contribution in [3.05, 3.63) is 59.7 Å². The molecule has 0 aliphatic rings. The lowest BCUT2D eigenvalue weighted by Crippen LogP contribution is -2.21. The summed E-state index contributed by atoms with van der Waals surface area (Å²) < 4.78 is 31.2. The van der Waals surface area contributed by atoms with E-state index in [9.17, 15) is 8.42 Å². The van der Waals surface area contributed by atoms with Crippen LogP contribution in [0.25, 0.3) is 0 Å². The highest BCUT2D eigenvalue weighted by atomic mass is 32.2. The summed E-state index contributed by atoms with van der Waals surface area (Å²) in [4.78, 5) is 0.274. The maximum atomic E-state index is 11.9. The van der Waals surface area contributed by atoms with Crippen LogP contribution in [0.3, 0.4) is 0 Å². The van der Waals surface area contributed by atoms with Crippen molar-refractivity contribution in [3.63, 3.8) is 0 Å². The molecule has 6 heteroatoms. The second-order valence-corrected chi connectivity index (χ2v) is 7.12. The first kappa shape index (κ1) is 17.5. The van der Waals surface area contributed by atoms with E-state index >= 15 is 0 Å². The predicted molar refractivity (Wildman–Crippen MR) is 90.9 cm³/mol. The van der Waals surface area contributed by atoms with Gasteiger partial charge in [0.05, 0.1) is 12.0 Å². The molecule has 0 amide bonds. The molecular weight excluding hydrogens is 312 g/mol. The zero-order chi connectivity index (χ0) is 16.9. The Hall–Kier alpha value is -1.89. The van der Waals surface area contributed by atoms with Gasteiger partial charge in [-0.05, 0) is 49.4 Å². The van der Waals surface area contributed by atoms with E-state index in [-0.39, 0.29) is 10.9 Å². The molecule has 0 fully saturated rings. The molecule has 0 aliphatic heterocycles. The summed E-state index contributed by atoms with van der Waals surface area (Å²) in [6, 6.07) is 14.8. The second-order valence-electron chi connectivity index (χ2n) is 5.23. The third-order valence-electron chi connectivity index (χ3n) is 3.71. The molecule has 1 unspecified atom stereocenters. The molecule has 2 aromatic rings. The van der Waals surface area contributed by atoms with Gasteiger partial charge in [-0.2, -0.15) is 0 Å². The standard InChI is InChI=1S/C17H22N2O3S/c1-13(19-12-14-7-9-16(22-3)10-8-14)15-5-4-6-17(11-15)23(20,21)18-2/h4-11,13,18-19H,12H2,1-3H3. The summed E-state index contributed by atoms with van der Waals surface area (Å²) in [5.41, 5.74) is 2.06. The first-order valence-electron chi connectivity index (χ1n) is 7.36. The zero-order valence-electron chi connectivity index (χ0n) is 13.5. The molecule has 2 rings (SSSR count). The molecule has 2 aromatic carbocycles. The SMILES string of the molecule is CNS(=O)(=O)c1cccc(C(C)NCc2ccc(OC)cc2)c1. The first-order valence-corrected chi connectivity index (χ1v) is 8.84.